The first-order chi connectivity index (χ1) is 14.1. The Labute approximate surface area is 177 Å². The second-order valence-electron chi connectivity index (χ2n) is 7.47. The number of aromatic nitrogens is 2. The maximum absolute atomic E-state index is 12.5. The zero-order valence-corrected chi connectivity index (χ0v) is 18.3. The highest BCUT2D eigenvalue weighted by Gasteiger charge is 2.23. The minimum absolute atomic E-state index is 0.0272. The molecule has 2 aromatic heterocycles. The number of aryl methyl sites for hydroxylation is 2. The van der Waals surface area contributed by atoms with E-state index in [1.807, 2.05) is 16.7 Å². The number of hydrogen-bond acceptors (Lipinski definition) is 6. The molecule has 0 atom stereocenters. The molecule has 0 aromatic carbocycles. The monoisotopic (exact) mass is 434 g/mol. The third kappa shape index (κ3) is 4.35. The van der Waals surface area contributed by atoms with Crippen molar-refractivity contribution in [2.45, 2.75) is 44.8 Å². The molecule has 2 aliphatic rings. The average molecular weight is 435 g/mol. The van der Waals surface area contributed by atoms with Gasteiger partial charge in [-0.1, -0.05) is 6.92 Å². The quantitative estimate of drug-likeness (QED) is 0.705. The highest BCUT2D eigenvalue weighted by atomic mass is 32.2. The van der Waals surface area contributed by atoms with Crippen LogP contribution in [0, 0.1) is 0 Å². The van der Waals surface area contributed by atoms with Crippen LogP contribution in [0.3, 0.4) is 0 Å². The molecule has 0 bridgehead atoms. The first-order valence-corrected chi connectivity index (χ1v) is 12.2. The summed E-state index contributed by atoms with van der Waals surface area (Å²) in [4.78, 5) is 50.0. The van der Waals surface area contributed by atoms with Crippen molar-refractivity contribution in [1.82, 2.24) is 19.8 Å². The van der Waals surface area contributed by atoms with Gasteiger partial charge in [-0.15, -0.1) is 11.3 Å². The Morgan fingerprint density at radius 1 is 1.14 bits per heavy atom. The lowest BCUT2D eigenvalue weighted by Crippen LogP contribution is -2.50. The van der Waals surface area contributed by atoms with Gasteiger partial charge in [0.05, 0.1) is 11.1 Å². The Bertz CT molecular complexity index is 976. The van der Waals surface area contributed by atoms with E-state index >= 15 is 0 Å². The van der Waals surface area contributed by atoms with E-state index < -0.39 is 0 Å². The Morgan fingerprint density at radius 2 is 1.86 bits per heavy atom. The van der Waals surface area contributed by atoms with Crippen molar-refractivity contribution in [1.29, 1.82) is 0 Å². The number of thioether (sulfide) groups is 1. The van der Waals surface area contributed by atoms with E-state index in [1.54, 1.807) is 23.1 Å². The van der Waals surface area contributed by atoms with Gasteiger partial charge in [0.25, 0.3) is 5.56 Å². The smallest absolute Gasteiger partial charge is 0.259 e. The SMILES string of the molecule is CCC(=O)N1CCN(C(=O)CCSCc2nc3sc4c(c3c(=O)[nH]2)CCC4)CC1. The molecule has 0 radical (unpaired) electrons. The van der Waals surface area contributed by atoms with Crippen LogP contribution in [0.25, 0.3) is 10.2 Å². The van der Waals surface area contributed by atoms with Gasteiger partial charge in [0.1, 0.15) is 10.7 Å². The predicted molar refractivity (Wildman–Crippen MR) is 116 cm³/mol. The van der Waals surface area contributed by atoms with Crippen LogP contribution in [-0.4, -0.2) is 63.5 Å². The molecule has 9 heteroatoms. The molecule has 0 spiro atoms. The van der Waals surface area contributed by atoms with Crippen molar-refractivity contribution < 1.29 is 9.59 Å². The van der Waals surface area contributed by atoms with Crippen molar-refractivity contribution in [2.75, 3.05) is 31.9 Å². The van der Waals surface area contributed by atoms with E-state index in [0.717, 1.165) is 29.5 Å². The molecule has 2 aromatic rings. The number of amides is 2. The highest BCUT2D eigenvalue weighted by Crippen LogP contribution is 2.34. The molecular weight excluding hydrogens is 408 g/mol. The number of nitrogens with zero attached hydrogens (tertiary/aromatic N) is 3. The standard InChI is InChI=1S/C20H26N4O3S2/c1-2-16(25)23-7-9-24(10-8-23)17(26)6-11-28-12-15-21-19(27)18-13-4-3-5-14(13)29-20(18)22-15/h2-12H2,1H3,(H,21,22,27). The summed E-state index contributed by atoms with van der Waals surface area (Å²) in [5, 5.41) is 0.784. The van der Waals surface area contributed by atoms with Crippen LogP contribution in [0.5, 0.6) is 0 Å². The van der Waals surface area contributed by atoms with Gasteiger partial charge in [0, 0.05) is 49.7 Å². The minimum Gasteiger partial charge on any atom is -0.339 e. The molecule has 3 heterocycles. The molecule has 0 saturated carbocycles. The molecule has 2 amide bonds. The summed E-state index contributed by atoms with van der Waals surface area (Å²) >= 11 is 3.27. The molecule has 1 aliphatic carbocycles. The summed E-state index contributed by atoms with van der Waals surface area (Å²) in [5.41, 5.74) is 1.17. The number of thiophene rings is 1. The summed E-state index contributed by atoms with van der Waals surface area (Å²) < 4.78 is 0. The Morgan fingerprint density at radius 3 is 2.59 bits per heavy atom. The second kappa shape index (κ2) is 8.87. The van der Waals surface area contributed by atoms with Gasteiger partial charge in [0.2, 0.25) is 11.8 Å². The molecular formula is C20H26N4O3S2. The Kier molecular flexibility index (Phi) is 6.24. The molecule has 1 aliphatic heterocycles. The fraction of sp³-hybridized carbons (Fsp3) is 0.600. The number of piperazine rings is 1. The van der Waals surface area contributed by atoms with E-state index in [2.05, 4.69) is 9.97 Å². The van der Waals surface area contributed by atoms with Gasteiger partial charge in [-0.25, -0.2) is 4.98 Å². The molecule has 7 nitrogen and oxygen atoms in total. The number of aromatic amines is 1. The molecule has 4 rings (SSSR count). The average Bonchev–Trinajstić information content (AvgIpc) is 3.31. The lowest BCUT2D eigenvalue weighted by Gasteiger charge is -2.34. The Hall–Kier alpha value is -1.87. The number of hydrogen-bond donors (Lipinski definition) is 1. The van der Waals surface area contributed by atoms with Crippen LogP contribution in [0.15, 0.2) is 4.79 Å². The van der Waals surface area contributed by atoms with E-state index in [-0.39, 0.29) is 17.4 Å². The maximum atomic E-state index is 12.5. The summed E-state index contributed by atoms with van der Waals surface area (Å²) in [6.45, 7) is 4.35. The largest absolute Gasteiger partial charge is 0.339 e. The van der Waals surface area contributed by atoms with E-state index in [9.17, 15) is 14.4 Å². The molecule has 1 N–H and O–H groups in total. The summed E-state index contributed by atoms with van der Waals surface area (Å²) in [7, 11) is 0. The molecule has 156 valence electrons. The predicted octanol–water partition coefficient (Wildman–Crippen LogP) is 2.18. The van der Waals surface area contributed by atoms with E-state index in [4.69, 9.17) is 0 Å². The lowest BCUT2D eigenvalue weighted by molar-refractivity contribution is -0.139. The third-order valence-electron chi connectivity index (χ3n) is 5.61. The van der Waals surface area contributed by atoms with Crippen LogP contribution in [0.4, 0.5) is 0 Å². The van der Waals surface area contributed by atoms with Crippen LogP contribution < -0.4 is 5.56 Å². The zero-order chi connectivity index (χ0) is 20.4. The fourth-order valence-electron chi connectivity index (χ4n) is 4.03. The number of rotatable bonds is 6. The maximum Gasteiger partial charge on any atom is 0.259 e. The fourth-order valence-corrected chi connectivity index (χ4v) is 6.10. The van der Waals surface area contributed by atoms with E-state index in [0.29, 0.717) is 56.4 Å². The second-order valence-corrected chi connectivity index (χ2v) is 9.66. The number of H-pyrrole nitrogens is 1. The van der Waals surface area contributed by atoms with Crippen molar-refractivity contribution in [3.8, 4) is 0 Å². The number of carbonyl (C=O) groups excluding carboxylic acids is 2. The first kappa shape index (κ1) is 20.4. The molecule has 29 heavy (non-hydrogen) atoms. The van der Waals surface area contributed by atoms with E-state index in [1.165, 1.54) is 10.4 Å². The number of fused-ring (bicyclic) bond motifs is 3. The summed E-state index contributed by atoms with van der Waals surface area (Å²) in [6.07, 6.45) is 4.15. The first-order valence-electron chi connectivity index (χ1n) is 10.2. The van der Waals surface area contributed by atoms with Gasteiger partial charge in [0.15, 0.2) is 0 Å². The topological polar surface area (TPSA) is 86.4 Å². The van der Waals surface area contributed by atoms with Crippen molar-refractivity contribution in [2.24, 2.45) is 0 Å². The molecule has 1 fully saturated rings. The van der Waals surface area contributed by atoms with Gasteiger partial charge in [-0.3, -0.25) is 14.4 Å². The van der Waals surface area contributed by atoms with Crippen LogP contribution >= 0.6 is 23.1 Å². The summed E-state index contributed by atoms with van der Waals surface area (Å²) in [5.74, 6) is 2.26. The highest BCUT2D eigenvalue weighted by molar-refractivity contribution is 7.98. The van der Waals surface area contributed by atoms with Gasteiger partial charge < -0.3 is 14.8 Å². The van der Waals surface area contributed by atoms with Gasteiger partial charge in [-0.2, -0.15) is 11.8 Å². The lowest BCUT2D eigenvalue weighted by atomic mass is 10.2. The minimum atomic E-state index is -0.0272. The van der Waals surface area contributed by atoms with Crippen molar-refractivity contribution in [3.63, 3.8) is 0 Å². The zero-order valence-electron chi connectivity index (χ0n) is 16.7. The summed E-state index contributed by atoms with van der Waals surface area (Å²) in [6, 6.07) is 0. The number of nitrogens with one attached hydrogen (secondary N) is 1. The van der Waals surface area contributed by atoms with Crippen molar-refractivity contribution in [3.05, 3.63) is 26.6 Å². The molecule has 1 saturated heterocycles. The third-order valence-corrected chi connectivity index (χ3v) is 7.77. The van der Waals surface area contributed by atoms with Crippen LogP contribution in [0.2, 0.25) is 0 Å². The van der Waals surface area contributed by atoms with Gasteiger partial charge >= 0.3 is 0 Å². The van der Waals surface area contributed by atoms with Crippen LogP contribution in [0.1, 0.15) is 42.5 Å². The van der Waals surface area contributed by atoms with Crippen molar-refractivity contribution >= 4 is 45.1 Å². The number of carbonyl (C=O) groups is 2. The van der Waals surface area contributed by atoms with Gasteiger partial charge in [-0.05, 0) is 24.8 Å². The normalized spacial score (nSPS) is 16.4. The molecule has 0 unspecified atom stereocenters. The van der Waals surface area contributed by atoms with Crippen LogP contribution in [-0.2, 0) is 28.2 Å². The Balaban J connectivity index is 1.25.